The van der Waals surface area contributed by atoms with Crippen molar-refractivity contribution < 1.29 is 15.3 Å². The second-order valence-corrected chi connectivity index (χ2v) is 14.9. The molecule has 10 atom stereocenters. The Morgan fingerprint density at radius 2 is 1.52 bits per heavy atom. The third-order valence-corrected chi connectivity index (χ3v) is 12.6. The first-order chi connectivity index (χ1) is 15.2. The lowest BCUT2D eigenvalue weighted by atomic mass is 9.34. The number of aliphatic hydroxyl groups excluding tert-OH is 3. The van der Waals surface area contributed by atoms with Crippen LogP contribution in [0.1, 0.15) is 87.0 Å². The Labute approximate surface area is 201 Å². The van der Waals surface area contributed by atoms with Crippen LogP contribution in [0.2, 0.25) is 0 Å². The van der Waals surface area contributed by atoms with Crippen LogP contribution in [0, 0.1) is 56.2 Å². The molecule has 3 N–H and O–H groups in total. The first kappa shape index (κ1) is 24.1. The SMILES string of the molecule is CC1(C)C[C@@H](O)[C@]2(CO)C=C[C@]3(C)[C@H](C=C[C@@H]4[C@@]5(C)CC[C@H](O)C(C)(C)[C@H]5CC[C@]43C)[C@@H]2C1. The van der Waals surface area contributed by atoms with Crippen LogP contribution in [0.5, 0.6) is 0 Å². The van der Waals surface area contributed by atoms with Crippen molar-refractivity contribution >= 4 is 0 Å². The highest BCUT2D eigenvalue weighted by molar-refractivity contribution is 5.33. The van der Waals surface area contributed by atoms with Crippen molar-refractivity contribution in [2.75, 3.05) is 6.61 Å². The molecule has 0 unspecified atom stereocenters. The molecular formula is C30H48O3. The predicted octanol–water partition coefficient (Wildman–Crippen LogP) is 5.74. The molecule has 0 bridgehead atoms. The minimum Gasteiger partial charge on any atom is -0.395 e. The fourth-order valence-electron chi connectivity index (χ4n) is 10.3. The minimum absolute atomic E-state index is 0.00290. The Morgan fingerprint density at radius 1 is 0.818 bits per heavy atom. The van der Waals surface area contributed by atoms with Gasteiger partial charge < -0.3 is 15.3 Å². The van der Waals surface area contributed by atoms with Gasteiger partial charge in [-0.1, -0.05) is 72.8 Å². The zero-order chi connectivity index (χ0) is 24.2. The van der Waals surface area contributed by atoms with E-state index in [-0.39, 0.29) is 45.7 Å². The summed E-state index contributed by atoms with van der Waals surface area (Å²) in [4.78, 5) is 0. The summed E-state index contributed by atoms with van der Waals surface area (Å²) >= 11 is 0. The number of allylic oxidation sites excluding steroid dienone is 3. The van der Waals surface area contributed by atoms with Crippen LogP contribution in [-0.2, 0) is 0 Å². The molecule has 0 spiro atoms. The van der Waals surface area contributed by atoms with Crippen molar-refractivity contribution in [3.05, 3.63) is 24.3 Å². The van der Waals surface area contributed by atoms with E-state index in [4.69, 9.17) is 0 Å². The highest BCUT2D eigenvalue weighted by atomic mass is 16.3. The van der Waals surface area contributed by atoms with E-state index in [0.29, 0.717) is 17.8 Å². The molecule has 0 amide bonds. The van der Waals surface area contributed by atoms with Gasteiger partial charge in [0.2, 0.25) is 0 Å². The van der Waals surface area contributed by atoms with Crippen LogP contribution in [0.15, 0.2) is 24.3 Å². The summed E-state index contributed by atoms with van der Waals surface area (Å²) in [5.41, 5.74) is -0.187. The largest absolute Gasteiger partial charge is 0.395 e. The summed E-state index contributed by atoms with van der Waals surface area (Å²) in [6.07, 6.45) is 15.1. The van der Waals surface area contributed by atoms with Crippen LogP contribution in [0.4, 0.5) is 0 Å². The van der Waals surface area contributed by atoms with Gasteiger partial charge in [-0.3, -0.25) is 0 Å². The topological polar surface area (TPSA) is 60.7 Å². The fraction of sp³-hybridized carbons (Fsp3) is 0.867. The van der Waals surface area contributed by atoms with E-state index in [2.05, 4.69) is 72.8 Å². The van der Waals surface area contributed by atoms with Crippen molar-refractivity contribution in [3.63, 3.8) is 0 Å². The molecule has 3 saturated carbocycles. The van der Waals surface area contributed by atoms with Crippen molar-refractivity contribution in [3.8, 4) is 0 Å². The number of aliphatic hydroxyl groups is 3. The number of fused-ring (bicyclic) bond motifs is 7. The maximum absolute atomic E-state index is 11.3. The molecule has 33 heavy (non-hydrogen) atoms. The molecule has 0 aromatic carbocycles. The highest BCUT2D eigenvalue weighted by Gasteiger charge is 2.68. The second-order valence-electron chi connectivity index (χ2n) is 14.9. The molecule has 0 radical (unpaired) electrons. The van der Waals surface area contributed by atoms with Gasteiger partial charge in [0.25, 0.3) is 0 Å². The smallest absolute Gasteiger partial charge is 0.0661 e. The lowest BCUT2D eigenvalue weighted by Crippen LogP contribution is -2.66. The van der Waals surface area contributed by atoms with Crippen LogP contribution >= 0.6 is 0 Å². The molecule has 3 fully saturated rings. The van der Waals surface area contributed by atoms with Gasteiger partial charge in [0.15, 0.2) is 0 Å². The van der Waals surface area contributed by atoms with Gasteiger partial charge in [-0.05, 0) is 89.3 Å². The Balaban J connectivity index is 1.62. The number of rotatable bonds is 1. The molecule has 5 aliphatic carbocycles. The molecule has 0 aliphatic heterocycles. The van der Waals surface area contributed by atoms with E-state index in [1.807, 2.05) is 0 Å². The third kappa shape index (κ3) is 2.85. The molecule has 0 saturated heterocycles. The first-order valence-corrected chi connectivity index (χ1v) is 13.5. The van der Waals surface area contributed by atoms with E-state index < -0.39 is 11.5 Å². The van der Waals surface area contributed by atoms with Crippen molar-refractivity contribution in [1.82, 2.24) is 0 Å². The predicted molar refractivity (Wildman–Crippen MR) is 133 cm³/mol. The maximum Gasteiger partial charge on any atom is 0.0661 e. The standard InChI is InChI=1S/C30H48O3/c1-25(2)16-20-19-8-9-22-27(5)12-11-23(32)26(3,4)21(27)10-13-29(22,7)28(19,6)14-15-30(20,18-31)24(33)17-25/h8-9,14-15,19-24,31-33H,10-13,16-18H2,1-7H3/t19-,20+,21-,22-,23+,24-,27+,28-,29-,30+/m1/s1. The van der Waals surface area contributed by atoms with Crippen molar-refractivity contribution in [2.24, 2.45) is 56.2 Å². The van der Waals surface area contributed by atoms with Gasteiger partial charge in [0.1, 0.15) is 0 Å². The molecule has 3 nitrogen and oxygen atoms in total. The summed E-state index contributed by atoms with van der Waals surface area (Å²) in [7, 11) is 0. The molecule has 0 aromatic heterocycles. The highest BCUT2D eigenvalue weighted by Crippen LogP contribution is 2.74. The summed E-state index contributed by atoms with van der Waals surface area (Å²) in [5, 5.41) is 32.8. The number of hydrogen-bond donors (Lipinski definition) is 3. The Kier molecular flexibility index (Phi) is 5.09. The van der Waals surface area contributed by atoms with Crippen LogP contribution < -0.4 is 0 Å². The molecule has 0 heterocycles. The monoisotopic (exact) mass is 456 g/mol. The van der Waals surface area contributed by atoms with Crippen LogP contribution in [0.25, 0.3) is 0 Å². The van der Waals surface area contributed by atoms with E-state index in [1.165, 1.54) is 12.8 Å². The summed E-state index contributed by atoms with van der Waals surface area (Å²) < 4.78 is 0. The normalized spacial score (nSPS) is 56.3. The average molecular weight is 457 g/mol. The summed E-state index contributed by atoms with van der Waals surface area (Å²) in [6, 6.07) is 0. The lowest BCUT2D eigenvalue weighted by Gasteiger charge is -2.70. The maximum atomic E-state index is 11.3. The van der Waals surface area contributed by atoms with Crippen LogP contribution in [0.3, 0.4) is 0 Å². The van der Waals surface area contributed by atoms with Gasteiger partial charge >= 0.3 is 0 Å². The van der Waals surface area contributed by atoms with Crippen LogP contribution in [-0.4, -0.2) is 34.1 Å². The quantitative estimate of drug-likeness (QED) is 0.441. The van der Waals surface area contributed by atoms with Crippen molar-refractivity contribution in [2.45, 2.75) is 99.2 Å². The Morgan fingerprint density at radius 3 is 2.18 bits per heavy atom. The van der Waals surface area contributed by atoms with Gasteiger partial charge in [-0.2, -0.15) is 0 Å². The van der Waals surface area contributed by atoms with Gasteiger partial charge in [0.05, 0.1) is 18.8 Å². The average Bonchev–Trinajstić information content (AvgIpc) is 2.71. The lowest BCUT2D eigenvalue weighted by molar-refractivity contribution is -0.201. The van der Waals surface area contributed by atoms with E-state index in [1.54, 1.807) is 0 Å². The van der Waals surface area contributed by atoms with E-state index in [0.717, 1.165) is 25.7 Å². The van der Waals surface area contributed by atoms with E-state index in [9.17, 15) is 15.3 Å². The molecule has 5 rings (SSSR count). The summed E-state index contributed by atoms with van der Waals surface area (Å²) in [5.74, 6) is 1.58. The minimum atomic E-state index is -0.523. The van der Waals surface area contributed by atoms with Gasteiger partial charge in [-0.25, -0.2) is 0 Å². The number of hydrogen-bond acceptors (Lipinski definition) is 3. The zero-order valence-corrected chi connectivity index (χ0v) is 22.1. The van der Waals surface area contributed by atoms with Gasteiger partial charge in [-0.15, -0.1) is 0 Å². The second kappa shape index (κ2) is 6.98. The molecular weight excluding hydrogens is 408 g/mol. The van der Waals surface area contributed by atoms with Crippen molar-refractivity contribution in [1.29, 1.82) is 0 Å². The third-order valence-electron chi connectivity index (χ3n) is 12.6. The molecule has 0 aromatic rings. The fourth-order valence-corrected chi connectivity index (χ4v) is 10.3. The van der Waals surface area contributed by atoms with E-state index >= 15 is 0 Å². The summed E-state index contributed by atoms with van der Waals surface area (Å²) in [6.45, 7) is 16.7. The van der Waals surface area contributed by atoms with Gasteiger partial charge in [0, 0.05) is 5.41 Å². The first-order valence-electron chi connectivity index (χ1n) is 13.5. The molecule has 5 aliphatic rings. The Bertz CT molecular complexity index is 872. The molecule has 186 valence electrons. The molecule has 3 heteroatoms. The Hall–Kier alpha value is -0.640. The zero-order valence-electron chi connectivity index (χ0n) is 22.1.